The molecule has 1 heterocycles. The fourth-order valence-electron chi connectivity index (χ4n) is 3.36. The molecule has 1 aliphatic rings. The van der Waals surface area contributed by atoms with Gasteiger partial charge < -0.3 is 10.2 Å². The van der Waals surface area contributed by atoms with E-state index in [0.717, 1.165) is 44.4 Å². The molecular weight excluding hydrogens is 350 g/mol. The van der Waals surface area contributed by atoms with Gasteiger partial charge in [-0.1, -0.05) is 75.4 Å². The molecule has 3 rings (SSSR count). The van der Waals surface area contributed by atoms with Crippen molar-refractivity contribution in [2.45, 2.75) is 39.3 Å². The van der Waals surface area contributed by atoms with Crippen molar-refractivity contribution < 1.29 is 0 Å². The maximum atomic E-state index is 5.62. The number of hydrogen-bond acceptors (Lipinski definition) is 2. The third-order valence-electron chi connectivity index (χ3n) is 5.17. The average Bonchev–Trinajstić information content (AvgIpc) is 2.67. The Morgan fingerprint density at radius 1 is 0.889 bits per heavy atom. The molecule has 0 bridgehead atoms. The van der Waals surface area contributed by atoms with Crippen molar-refractivity contribution >= 4 is 17.3 Å². The van der Waals surface area contributed by atoms with Crippen LogP contribution in [-0.2, 0) is 18.5 Å². The van der Waals surface area contributed by atoms with Crippen LogP contribution in [0.4, 0.5) is 0 Å². The largest absolute Gasteiger partial charge is 0.358 e. The van der Waals surface area contributed by atoms with E-state index in [-0.39, 0.29) is 5.41 Å². The Bertz CT molecular complexity index is 726. The van der Waals surface area contributed by atoms with Crippen molar-refractivity contribution in [3.63, 3.8) is 0 Å². The topological polar surface area (TPSA) is 18.5 Å². The van der Waals surface area contributed by atoms with Crippen LogP contribution in [0.25, 0.3) is 0 Å². The third kappa shape index (κ3) is 5.78. The predicted molar refractivity (Wildman–Crippen MR) is 118 cm³/mol. The van der Waals surface area contributed by atoms with Gasteiger partial charge in [-0.2, -0.15) is 0 Å². The van der Waals surface area contributed by atoms with Gasteiger partial charge in [0.1, 0.15) is 0 Å². The molecule has 0 amide bonds. The minimum absolute atomic E-state index is 0.195. The zero-order valence-corrected chi connectivity index (χ0v) is 17.6. The van der Waals surface area contributed by atoms with Gasteiger partial charge in [-0.15, -0.1) is 0 Å². The van der Waals surface area contributed by atoms with Gasteiger partial charge in [-0.05, 0) is 34.3 Å². The van der Waals surface area contributed by atoms with Crippen LogP contribution in [0, 0.1) is 0 Å². The molecule has 0 radical (unpaired) electrons. The molecule has 0 unspecified atom stereocenters. The highest BCUT2D eigenvalue weighted by Gasteiger charge is 2.19. The highest BCUT2D eigenvalue weighted by Crippen LogP contribution is 2.22. The number of nitrogens with one attached hydrogen (secondary N) is 1. The van der Waals surface area contributed by atoms with Gasteiger partial charge in [0.15, 0.2) is 5.11 Å². The van der Waals surface area contributed by atoms with E-state index in [4.69, 9.17) is 12.2 Å². The van der Waals surface area contributed by atoms with E-state index in [0.29, 0.717) is 0 Å². The van der Waals surface area contributed by atoms with Crippen LogP contribution in [0.1, 0.15) is 37.5 Å². The van der Waals surface area contributed by atoms with E-state index < -0.39 is 0 Å². The number of rotatable bonds is 4. The number of piperazine rings is 1. The van der Waals surface area contributed by atoms with Crippen LogP contribution in [0.15, 0.2) is 54.6 Å². The van der Waals surface area contributed by atoms with Gasteiger partial charge in [0.25, 0.3) is 0 Å². The lowest BCUT2D eigenvalue weighted by Crippen LogP contribution is -2.51. The molecule has 144 valence electrons. The minimum atomic E-state index is 0.195. The Balaban J connectivity index is 1.43. The maximum absolute atomic E-state index is 5.62. The summed E-state index contributed by atoms with van der Waals surface area (Å²) >= 11 is 5.62. The highest BCUT2D eigenvalue weighted by atomic mass is 32.1. The second kappa shape index (κ2) is 8.85. The molecule has 0 aliphatic carbocycles. The summed E-state index contributed by atoms with van der Waals surface area (Å²) in [7, 11) is 0. The first kappa shape index (κ1) is 19.8. The summed E-state index contributed by atoms with van der Waals surface area (Å²) in [6, 6.07) is 19.5. The van der Waals surface area contributed by atoms with Gasteiger partial charge in [0, 0.05) is 39.3 Å². The molecule has 3 nitrogen and oxygen atoms in total. The van der Waals surface area contributed by atoms with E-state index >= 15 is 0 Å². The Morgan fingerprint density at radius 2 is 1.52 bits per heavy atom. The lowest BCUT2D eigenvalue weighted by atomic mass is 9.87. The number of hydrogen-bond donors (Lipinski definition) is 1. The lowest BCUT2D eigenvalue weighted by Gasteiger charge is -2.36. The molecule has 1 aliphatic heterocycles. The molecule has 0 spiro atoms. The van der Waals surface area contributed by atoms with Crippen LogP contribution in [0.5, 0.6) is 0 Å². The molecule has 27 heavy (non-hydrogen) atoms. The minimum Gasteiger partial charge on any atom is -0.358 e. The standard InChI is InChI=1S/C23H31N3S/c1-23(2,3)21-11-9-19(10-12-21)17-24-22(27)26-15-13-25(14-16-26)18-20-7-5-4-6-8-20/h4-12H,13-18H2,1-3H3,(H,24,27). The van der Waals surface area contributed by atoms with E-state index in [1.807, 2.05) is 0 Å². The SMILES string of the molecule is CC(C)(C)c1ccc(CNC(=S)N2CCN(Cc3ccccc3)CC2)cc1. The molecule has 2 aromatic rings. The van der Waals surface area contributed by atoms with E-state index in [2.05, 4.69) is 90.5 Å². The average molecular weight is 382 g/mol. The summed E-state index contributed by atoms with van der Waals surface area (Å²) in [5.41, 5.74) is 4.21. The van der Waals surface area contributed by atoms with Crippen LogP contribution in [-0.4, -0.2) is 41.1 Å². The van der Waals surface area contributed by atoms with Crippen molar-refractivity contribution in [3.05, 3.63) is 71.3 Å². The fourth-order valence-corrected chi connectivity index (χ4v) is 3.62. The molecule has 4 heteroatoms. The molecule has 1 saturated heterocycles. The molecule has 0 aromatic heterocycles. The first-order valence-electron chi connectivity index (χ1n) is 9.80. The second-order valence-electron chi connectivity index (χ2n) is 8.35. The van der Waals surface area contributed by atoms with Gasteiger partial charge in [-0.3, -0.25) is 4.90 Å². The van der Waals surface area contributed by atoms with Crippen LogP contribution < -0.4 is 5.32 Å². The van der Waals surface area contributed by atoms with Crippen LogP contribution in [0.2, 0.25) is 0 Å². The zero-order valence-electron chi connectivity index (χ0n) is 16.7. The summed E-state index contributed by atoms with van der Waals surface area (Å²) in [5.74, 6) is 0. The summed E-state index contributed by atoms with van der Waals surface area (Å²) in [6.07, 6.45) is 0. The van der Waals surface area contributed by atoms with Crippen molar-refractivity contribution in [1.82, 2.24) is 15.1 Å². The van der Waals surface area contributed by atoms with Crippen LogP contribution >= 0.6 is 12.2 Å². The summed E-state index contributed by atoms with van der Waals surface area (Å²) < 4.78 is 0. The van der Waals surface area contributed by atoms with Crippen molar-refractivity contribution in [1.29, 1.82) is 0 Å². The molecule has 1 N–H and O–H groups in total. The van der Waals surface area contributed by atoms with Crippen molar-refractivity contribution in [2.24, 2.45) is 0 Å². The van der Waals surface area contributed by atoms with E-state index in [1.54, 1.807) is 0 Å². The molecular formula is C23H31N3S. The van der Waals surface area contributed by atoms with Crippen molar-refractivity contribution in [2.75, 3.05) is 26.2 Å². The molecule has 1 fully saturated rings. The van der Waals surface area contributed by atoms with Crippen molar-refractivity contribution in [3.8, 4) is 0 Å². The van der Waals surface area contributed by atoms with E-state index in [1.165, 1.54) is 16.7 Å². The Kier molecular flexibility index (Phi) is 6.51. The van der Waals surface area contributed by atoms with Gasteiger partial charge in [0.2, 0.25) is 0 Å². The smallest absolute Gasteiger partial charge is 0.169 e. The Hall–Kier alpha value is -1.91. The summed E-state index contributed by atoms with van der Waals surface area (Å²) in [6.45, 7) is 12.6. The first-order chi connectivity index (χ1) is 12.9. The van der Waals surface area contributed by atoms with Gasteiger partial charge in [0.05, 0.1) is 0 Å². The monoisotopic (exact) mass is 381 g/mol. The maximum Gasteiger partial charge on any atom is 0.169 e. The van der Waals surface area contributed by atoms with E-state index in [9.17, 15) is 0 Å². The highest BCUT2D eigenvalue weighted by molar-refractivity contribution is 7.80. The molecule has 0 saturated carbocycles. The van der Waals surface area contributed by atoms with Crippen LogP contribution in [0.3, 0.4) is 0 Å². The Labute approximate surface area is 169 Å². The molecule has 0 atom stereocenters. The summed E-state index contributed by atoms with van der Waals surface area (Å²) in [5, 5.41) is 4.30. The predicted octanol–water partition coefficient (Wildman–Crippen LogP) is 4.18. The number of thiocarbonyl (C=S) groups is 1. The lowest BCUT2D eigenvalue weighted by molar-refractivity contribution is 0.174. The fraction of sp³-hybridized carbons (Fsp3) is 0.435. The molecule has 2 aromatic carbocycles. The zero-order chi connectivity index (χ0) is 19.3. The Morgan fingerprint density at radius 3 is 2.11 bits per heavy atom. The first-order valence-corrected chi connectivity index (χ1v) is 10.2. The second-order valence-corrected chi connectivity index (χ2v) is 8.74. The van der Waals surface area contributed by atoms with Gasteiger partial charge in [-0.25, -0.2) is 0 Å². The third-order valence-corrected chi connectivity index (χ3v) is 5.57. The summed E-state index contributed by atoms with van der Waals surface area (Å²) in [4.78, 5) is 4.79. The van der Waals surface area contributed by atoms with Gasteiger partial charge >= 0.3 is 0 Å². The normalized spacial score (nSPS) is 15.6. The number of nitrogens with zero attached hydrogens (tertiary/aromatic N) is 2. The quantitative estimate of drug-likeness (QED) is 0.801. The number of benzene rings is 2.